The highest BCUT2D eigenvalue weighted by molar-refractivity contribution is 5.19. The Morgan fingerprint density at radius 2 is 1.75 bits per heavy atom. The number of aryl methyl sites for hydroxylation is 3. The molecule has 0 aromatic carbocycles. The van der Waals surface area contributed by atoms with Crippen molar-refractivity contribution in [3.63, 3.8) is 0 Å². The second-order valence-electron chi connectivity index (χ2n) is 4.02. The predicted octanol–water partition coefficient (Wildman–Crippen LogP) is 1.72. The molecular formula is C13H19N3. The zero-order valence-electron chi connectivity index (χ0n) is 10.5. The summed E-state index contributed by atoms with van der Waals surface area (Å²) in [5.41, 5.74) is 4.14. The van der Waals surface area contributed by atoms with E-state index in [1.807, 2.05) is 20.9 Å². The van der Waals surface area contributed by atoms with E-state index in [0.29, 0.717) is 6.54 Å². The summed E-state index contributed by atoms with van der Waals surface area (Å²) in [5, 5.41) is 0. The molecular weight excluding hydrogens is 198 g/mol. The Balaban J connectivity index is 2.90. The first-order valence-electron chi connectivity index (χ1n) is 5.53. The maximum absolute atomic E-state index is 5.27. The Labute approximate surface area is 97.9 Å². The average Bonchev–Trinajstić information content (AvgIpc) is 2.23. The van der Waals surface area contributed by atoms with Gasteiger partial charge in [-0.25, -0.2) is 0 Å². The van der Waals surface area contributed by atoms with Crippen LogP contribution in [0, 0.1) is 26.2 Å². The summed E-state index contributed by atoms with van der Waals surface area (Å²) < 4.78 is 0. The van der Waals surface area contributed by atoms with Crippen molar-refractivity contribution in [2.75, 3.05) is 13.6 Å². The SMILES string of the molecule is C#CCN(C)Cc1nc(C)c(CC)nc1C. The van der Waals surface area contributed by atoms with Gasteiger partial charge in [-0.15, -0.1) is 6.42 Å². The van der Waals surface area contributed by atoms with Crippen LogP contribution in [0.25, 0.3) is 0 Å². The Kier molecular flexibility index (Phi) is 4.45. The van der Waals surface area contributed by atoms with Crippen molar-refractivity contribution in [2.24, 2.45) is 0 Å². The Morgan fingerprint density at radius 3 is 2.31 bits per heavy atom. The fraction of sp³-hybridized carbons (Fsp3) is 0.538. The van der Waals surface area contributed by atoms with E-state index in [1.54, 1.807) is 0 Å². The summed E-state index contributed by atoms with van der Waals surface area (Å²) in [6.45, 7) is 7.50. The first-order chi connectivity index (χ1) is 7.58. The van der Waals surface area contributed by atoms with Gasteiger partial charge in [-0.2, -0.15) is 0 Å². The van der Waals surface area contributed by atoms with E-state index in [2.05, 4.69) is 27.7 Å². The third-order valence-corrected chi connectivity index (χ3v) is 2.56. The topological polar surface area (TPSA) is 29.0 Å². The van der Waals surface area contributed by atoms with Gasteiger partial charge in [0.1, 0.15) is 0 Å². The largest absolute Gasteiger partial charge is 0.289 e. The van der Waals surface area contributed by atoms with Crippen molar-refractivity contribution < 1.29 is 0 Å². The monoisotopic (exact) mass is 217 g/mol. The molecule has 0 unspecified atom stereocenters. The van der Waals surface area contributed by atoms with Gasteiger partial charge in [0.05, 0.1) is 29.3 Å². The summed E-state index contributed by atoms with van der Waals surface area (Å²) in [6.07, 6.45) is 6.20. The lowest BCUT2D eigenvalue weighted by Gasteiger charge is -2.15. The highest BCUT2D eigenvalue weighted by Crippen LogP contribution is 2.10. The Bertz CT molecular complexity index is 404. The van der Waals surface area contributed by atoms with Crippen LogP contribution in [0.2, 0.25) is 0 Å². The minimum absolute atomic E-state index is 0.635. The van der Waals surface area contributed by atoms with Crippen LogP contribution in [0.5, 0.6) is 0 Å². The van der Waals surface area contributed by atoms with Gasteiger partial charge in [0.2, 0.25) is 0 Å². The van der Waals surface area contributed by atoms with Crippen molar-refractivity contribution in [2.45, 2.75) is 33.7 Å². The first-order valence-corrected chi connectivity index (χ1v) is 5.53. The van der Waals surface area contributed by atoms with Crippen LogP contribution in [0.3, 0.4) is 0 Å². The van der Waals surface area contributed by atoms with Crippen LogP contribution < -0.4 is 0 Å². The molecule has 1 aromatic heterocycles. The van der Waals surface area contributed by atoms with Crippen molar-refractivity contribution in [3.8, 4) is 12.3 Å². The quantitative estimate of drug-likeness (QED) is 0.719. The zero-order chi connectivity index (χ0) is 12.1. The maximum Gasteiger partial charge on any atom is 0.0759 e. The van der Waals surface area contributed by atoms with Crippen molar-refractivity contribution >= 4 is 0 Å². The van der Waals surface area contributed by atoms with E-state index in [-0.39, 0.29) is 0 Å². The fourth-order valence-corrected chi connectivity index (χ4v) is 1.65. The highest BCUT2D eigenvalue weighted by atomic mass is 15.1. The van der Waals surface area contributed by atoms with E-state index in [4.69, 9.17) is 6.42 Å². The molecule has 86 valence electrons. The second-order valence-corrected chi connectivity index (χ2v) is 4.02. The molecule has 1 rings (SSSR count). The van der Waals surface area contributed by atoms with Crippen LogP contribution in [0.4, 0.5) is 0 Å². The number of hydrogen-bond donors (Lipinski definition) is 0. The number of aromatic nitrogens is 2. The minimum atomic E-state index is 0.635. The maximum atomic E-state index is 5.27. The van der Waals surface area contributed by atoms with Crippen LogP contribution in [0.1, 0.15) is 29.7 Å². The molecule has 0 aliphatic heterocycles. The van der Waals surface area contributed by atoms with Crippen LogP contribution in [-0.4, -0.2) is 28.5 Å². The van der Waals surface area contributed by atoms with Gasteiger partial charge in [0.25, 0.3) is 0 Å². The molecule has 1 aromatic rings. The molecule has 3 heteroatoms. The van der Waals surface area contributed by atoms with Crippen molar-refractivity contribution in [1.29, 1.82) is 0 Å². The third-order valence-electron chi connectivity index (χ3n) is 2.56. The molecule has 0 saturated heterocycles. The molecule has 0 bridgehead atoms. The Morgan fingerprint density at radius 1 is 1.19 bits per heavy atom. The van der Waals surface area contributed by atoms with E-state index in [9.17, 15) is 0 Å². The van der Waals surface area contributed by atoms with Crippen LogP contribution in [-0.2, 0) is 13.0 Å². The lowest BCUT2D eigenvalue weighted by atomic mass is 10.2. The standard InChI is InChI=1S/C13H19N3/c1-6-8-16(5)9-13-11(4)14-12(7-2)10(3)15-13/h1H,7-9H2,2-5H3. The van der Waals surface area contributed by atoms with Crippen LogP contribution >= 0.6 is 0 Å². The van der Waals surface area contributed by atoms with Gasteiger partial charge in [-0.3, -0.25) is 14.9 Å². The van der Waals surface area contributed by atoms with Crippen LogP contribution in [0.15, 0.2) is 0 Å². The predicted molar refractivity (Wildman–Crippen MR) is 66.1 cm³/mol. The summed E-state index contributed by atoms with van der Waals surface area (Å²) in [7, 11) is 1.99. The fourth-order valence-electron chi connectivity index (χ4n) is 1.65. The van der Waals surface area contributed by atoms with E-state index in [1.165, 1.54) is 0 Å². The number of rotatable bonds is 4. The number of nitrogens with zero attached hydrogens (tertiary/aromatic N) is 3. The summed E-state index contributed by atoms with van der Waals surface area (Å²) in [6, 6.07) is 0. The minimum Gasteiger partial charge on any atom is -0.289 e. The molecule has 0 aliphatic rings. The molecule has 0 saturated carbocycles. The summed E-state index contributed by atoms with van der Waals surface area (Å²) >= 11 is 0. The number of terminal acetylenes is 1. The van der Waals surface area contributed by atoms with Gasteiger partial charge in [-0.05, 0) is 27.3 Å². The van der Waals surface area contributed by atoms with Gasteiger partial charge in [0.15, 0.2) is 0 Å². The molecule has 0 spiro atoms. The summed E-state index contributed by atoms with van der Waals surface area (Å²) in [4.78, 5) is 11.2. The smallest absolute Gasteiger partial charge is 0.0759 e. The lowest BCUT2D eigenvalue weighted by Crippen LogP contribution is -2.20. The molecule has 0 amide bonds. The average molecular weight is 217 g/mol. The molecule has 0 aliphatic carbocycles. The molecule has 16 heavy (non-hydrogen) atoms. The second kappa shape index (κ2) is 5.62. The highest BCUT2D eigenvalue weighted by Gasteiger charge is 2.08. The van der Waals surface area contributed by atoms with Gasteiger partial charge in [0, 0.05) is 6.54 Å². The normalized spacial score (nSPS) is 10.5. The molecule has 3 nitrogen and oxygen atoms in total. The molecule has 0 fully saturated rings. The molecule has 1 heterocycles. The third kappa shape index (κ3) is 3.04. The van der Waals surface area contributed by atoms with E-state index in [0.717, 1.165) is 35.7 Å². The number of hydrogen-bond acceptors (Lipinski definition) is 3. The lowest BCUT2D eigenvalue weighted by molar-refractivity contribution is 0.362. The zero-order valence-corrected chi connectivity index (χ0v) is 10.5. The van der Waals surface area contributed by atoms with E-state index >= 15 is 0 Å². The van der Waals surface area contributed by atoms with Gasteiger partial charge in [-0.1, -0.05) is 12.8 Å². The summed E-state index contributed by atoms with van der Waals surface area (Å²) in [5.74, 6) is 2.62. The van der Waals surface area contributed by atoms with Crippen molar-refractivity contribution in [3.05, 3.63) is 22.8 Å². The molecule has 0 N–H and O–H groups in total. The van der Waals surface area contributed by atoms with Crippen molar-refractivity contribution in [1.82, 2.24) is 14.9 Å². The first kappa shape index (κ1) is 12.7. The van der Waals surface area contributed by atoms with E-state index < -0.39 is 0 Å². The molecule has 0 atom stereocenters. The van der Waals surface area contributed by atoms with Gasteiger partial charge >= 0.3 is 0 Å². The Hall–Kier alpha value is -1.40. The van der Waals surface area contributed by atoms with Gasteiger partial charge < -0.3 is 0 Å². The molecule has 0 radical (unpaired) electrons.